The number of hydrogen-bond donors (Lipinski definition) is 1. The van der Waals surface area contributed by atoms with Crippen LogP contribution in [-0.2, 0) is 6.54 Å². The maximum atomic E-state index is 6.14. The first kappa shape index (κ1) is 14.7. The Kier molecular flexibility index (Phi) is 4.39. The quantitative estimate of drug-likeness (QED) is 0.801. The zero-order valence-corrected chi connectivity index (χ0v) is 13.3. The lowest BCUT2D eigenvalue weighted by molar-refractivity contribution is 0.478. The van der Waals surface area contributed by atoms with E-state index >= 15 is 0 Å². The number of hydrogen-bond acceptors (Lipinski definition) is 2. The summed E-state index contributed by atoms with van der Waals surface area (Å²) in [6.45, 7) is 2.95. The summed E-state index contributed by atoms with van der Waals surface area (Å²) in [7, 11) is 0. The lowest BCUT2D eigenvalue weighted by atomic mass is 10.1. The van der Waals surface area contributed by atoms with Crippen molar-refractivity contribution in [1.29, 1.82) is 0 Å². The SMILES string of the molecule is Cc1cc(CNC2CC2)ccc1Oc1ccc(Cl)cc1Cl. The van der Waals surface area contributed by atoms with Gasteiger partial charge >= 0.3 is 0 Å². The topological polar surface area (TPSA) is 21.3 Å². The molecule has 0 unspecified atom stereocenters. The molecule has 2 aromatic carbocycles. The van der Waals surface area contributed by atoms with Gasteiger partial charge in [-0.3, -0.25) is 0 Å². The highest BCUT2D eigenvalue weighted by Gasteiger charge is 2.20. The molecule has 1 aliphatic carbocycles. The summed E-state index contributed by atoms with van der Waals surface area (Å²) in [5.41, 5.74) is 2.37. The average molecular weight is 322 g/mol. The van der Waals surface area contributed by atoms with Gasteiger partial charge in [-0.25, -0.2) is 0 Å². The summed E-state index contributed by atoms with van der Waals surface area (Å²) in [6.07, 6.45) is 2.60. The summed E-state index contributed by atoms with van der Waals surface area (Å²) in [6, 6.07) is 12.2. The predicted molar refractivity (Wildman–Crippen MR) is 87.6 cm³/mol. The molecule has 0 atom stereocenters. The van der Waals surface area contributed by atoms with Crippen molar-refractivity contribution in [3.63, 3.8) is 0 Å². The Bertz CT molecular complexity index is 653. The van der Waals surface area contributed by atoms with Gasteiger partial charge in [-0.05, 0) is 55.2 Å². The third-order valence-electron chi connectivity index (χ3n) is 3.53. The molecule has 0 bridgehead atoms. The molecule has 1 saturated carbocycles. The molecule has 4 heteroatoms. The first-order chi connectivity index (χ1) is 10.1. The Morgan fingerprint density at radius 3 is 2.52 bits per heavy atom. The van der Waals surface area contributed by atoms with Crippen LogP contribution in [0.5, 0.6) is 11.5 Å². The molecule has 1 N–H and O–H groups in total. The molecular weight excluding hydrogens is 305 g/mol. The lowest BCUT2D eigenvalue weighted by Gasteiger charge is -2.12. The van der Waals surface area contributed by atoms with Crippen LogP contribution >= 0.6 is 23.2 Å². The summed E-state index contributed by atoms with van der Waals surface area (Å²) in [5.74, 6) is 1.43. The molecule has 0 spiro atoms. The molecule has 2 aromatic rings. The second-order valence-electron chi connectivity index (χ2n) is 5.43. The van der Waals surface area contributed by atoms with E-state index in [-0.39, 0.29) is 0 Å². The molecular formula is C17H17Cl2NO. The van der Waals surface area contributed by atoms with Crippen molar-refractivity contribution in [1.82, 2.24) is 5.32 Å². The first-order valence-corrected chi connectivity index (χ1v) is 7.83. The Morgan fingerprint density at radius 1 is 1.10 bits per heavy atom. The summed E-state index contributed by atoms with van der Waals surface area (Å²) in [4.78, 5) is 0. The van der Waals surface area contributed by atoms with Crippen molar-refractivity contribution in [3.8, 4) is 11.5 Å². The molecule has 0 heterocycles. The van der Waals surface area contributed by atoms with Gasteiger partial charge in [0.15, 0.2) is 0 Å². The van der Waals surface area contributed by atoms with E-state index < -0.39 is 0 Å². The normalized spacial score (nSPS) is 14.2. The van der Waals surface area contributed by atoms with Crippen LogP contribution in [0.1, 0.15) is 24.0 Å². The zero-order valence-electron chi connectivity index (χ0n) is 11.8. The van der Waals surface area contributed by atoms with Gasteiger partial charge in [0.05, 0.1) is 5.02 Å². The Hall–Kier alpha value is -1.22. The lowest BCUT2D eigenvalue weighted by Crippen LogP contribution is -2.15. The van der Waals surface area contributed by atoms with Gasteiger partial charge in [0.1, 0.15) is 11.5 Å². The van der Waals surface area contributed by atoms with E-state index in [1.807, 2.05) is 13.0 Å². The van der Waals surface area contributed by atoms with Crippen molar-refractivity contribution < 1.29 is 4.74 Å². The minimum absolute atomic E-state index is 0.515. The van der Waals surface area contributed by atoms with Crippen LogP contribution in [-0.4, -0.2) is 6.04 Å². The van der Waals surface area contributed by atoms with Crippen molar-refractivity contribution >= 4 is 23.2 Å². The van der Waals surface area contributed by atoms with Crippen LogP contribution in [0.4, 0.5) is 0 Å². The van der Waals surface area contributed by atoms with Crippen LogP contribution in [0.3, 0.4) is 0 Å². The zero-order chi connectivity index (χ0) is 14.8. The number of halogens is 2. The molecule has 0 radical (unpaired) electrons. The van der Waals surface area contributed by atoms with Crippen LogP contribution in [0.25, 0.3) is 0 Å². The summed E-state index contributed by atoms with van der Waals surface area (Å²) in [5, 5.41) is 4.63. The molecule has 3 rings (SSSR count). The number of aryl methyl sites for hydroxylation is 1. The van der Waals surface area contributed by atoms with Gasteiger partial charge in [0.2, 0.25) is 0 Å². The first-order valence-electron chi connectivity index (χ1n) is 7.07. The molecule has 0 aromatic heterocycles. The summed E-state index contributed by atoms with van der Waals surface area (Å²) >= 11 is 12.0. The number of rotatable bonds is 5. The van der Waals surface area contributed by atoms with Crippen LogP contribution in [0, 0.1) is 6.92 Å². The standard InChI is InChI=1S/C17H17Cl2NO/c1-11-8-12(10-20-14-4-5-14)2-6-16(11)21-17-7-3-13(18)9-15(17)19/h2-3,6-9,14,20H,4-5,10H2,1H3. The fraction of sp³-hybridized carbons (Fsp3) is 0.294. The number of benzene rings is 2. The van der Waals surface area contributed by atoms with Crippen molar-refractivity contribution in [2.24, 2.45) is 0 Å². The highest BCUT2D eigenvalue weighted by molar-refractivity contribution is 6.35. The van der Waals surface area contributed by atoms with Crippen molar-refractivity contribution in [3.05, 3.63) is 57.6 Å². The van der Waals surface area contributed by atoms with Gasteiger partial charge in [0, 0.05) is 17.6 Å². The van der Waals surface area contributed by atoms with E-state index in [4.69, 9.17) is 27.9 Å². The van der Waals surface area contributed by atoms with Crippen LogP contribution < -0.4 is 10.1 Å². The van der Waals surface area contributed by atoms with Crippen LogP contribution in [0.15, 0.2) is 36.4 Å². The highest BCUT2D eigenvalue weighted by Crippen LogP contribution is 2.33. The highest BCUT2D eigenvalue weighted by atomic mass is 35.5. The van der Waals surface area contributed by atoms with E-state index in [2.05, 4.69) is 17.4 Å². The molecule has 0 amide bonds. The van der Waals surface area contributed by atoms with Crippen molar-refractivity contribution in [2.45, 2.75) is 32.4 Å². The second-order valence-corrected chi connectivity index (χ2v) is 6.28. The monoisotopic (exact) mass is 321 g/mol. The Balaban J connectivity index is 1.72. The van der Waals surface area contributed by atoms with Gasteiger partial charge in [-0.15, -0.1) is 0 Å². The van der Waals surface area contributed by atoms with E-state index in [0.717, 1.165) is 17.9 Å². The van der Waals surface area contributed by atoms with Crippen molar-refractivity contribution in [2.75, 3.05) is 0 Å². The molecule has 110 valence electrons. The molecule has 1 aliphatic rings. The van der Waals surface area contributed by atoms with E-state index in [1.165, 1.54) is 18.4 Å². The smallest absolute Gasteiger partial charge is 0.146 e. The van der Waals surface area contributed by atoms with Gasteiger partial charge in [-0.1, -0.05) is 35.3 Å². The minimum atomic E-state index is 0.515. The number of ether oxygens (including phenoxy) is 1. The van der Waals surface area contributed by atoms with Gasteiger partial charge in [0.25, 0.3) is 0 Å². The Labute approximate surface area is 135 Å². The minimum Gasteiger partial charge on any atom is -0.456 e. The molecule has 0 aliphatic heterocycles. The predicted octanol–water partition coefficient (Wildman–Crippen LogP) is 5.35. The fourth-order valence-corrected chi connectivity index (χ4v) is 2.61. The van der Waals surface area contributed by atoms with E-state index in [9.17, 15) is 0 Å². The fourth-order valence-electron chi connectivity index (χ4n) is 2.16. The maximum Gasteiger partial charge on any atom is 0.146 e. The van der Waals surface area contributed by atoms with Gasteiger partial charge < -0.3 is 10.1 Å². The number of nitrogens with one attached hydrogen (secondary N) is 1. The molecule has 0 saturated heterocycles. The molecule has 1 fully saturated rings. The maximum absolute atomic E-state index is 6.14. The molecule has 2 nitrogen and oxygen atoms in total. The van der Waals surface area contributed by atoms with E-state index in [1.54, 1.807) is 18.2 Å². The van der Waals surface area contributed by atoms with Crippen LogP contribution in [0.2, 0.25) is 10.0 Å². The second kappa shape index (κ2) is 6.27. The Morgan fingerprint density at radius 2 is 1.86 bits per heavy atom. The third-order valence-corrected chi connectivity index (χ3v) is 4.06. The summed E-state index contributed by atoms with van der Waals surface area (Å²) < 4.78 is 5.88. The largest absolute Gasteiger partial charge is 0.456 e. The third kappa shape index (κ3) is 3.91. The van der Waals surface area contributed by atoms with Gasteiger partial charge in [-0.2, -0.15) is 0 Å². The van der Waals surface area contributed by atoms with E-state index in [0.29, 0.717) is 21.8 Å². The average Bonchev–Trinajstić information content (AvgIpc) is 3.26. The molecule has 21 heavy (non-hydrogen) atoms.